The minimum Gasteiger partial charge on any atom is -0.335 e. The number of likely N-dealkylation sites (tertiary alicyclic amines) is 1. The van der Waals surface area contributed by atoms with Crippen LogP contribution in [0.25, 0.3) is 0 Å². The van der Waals surface area contributed by atoms with Gasteiger partial charge in [-0.2, -0.15) is 0 Å². The molecule has 2 atom stereocenters. The molecule has 1 saturated heterocycles. The summed E-state index contributed by atoms with van der Waals surface area (Å²) < 4.78 is 0. The number of nitrogens with two attached hydrogens (primary N) is 1. The van der Waals surface area contributed by atoms with E-state index in [0.717, 1.165) is 30.8 Å². The van der Waals surface area contributed by atoms with E-state index in [2.05, 4.69) is 25.8 Å². The summed E-state index contributed by atoms with van der Waals surface area (Å²) in [6, 6.07) is 0.270. The predicted octanol–water partition coefficient (Wildman–Crippen LogP) is 3.20. The molecular formula is C15H25N3OS. The number of nitrogens with zero attached hydrogens (tertiary/aromatic N) is 2. The van der Waals surface area contributed by atoms with Crippen molar-refractivity contribution in [2.24, 2.45) is 11.7 Å². The van der Waals surface area contributed by atoms with Crippen molar-refractivity contribution in [1.82, 2.24) is 9.88 Å². The fourth-order valence-corrected chi connectivity index (χ4v) is 3.52. The van der Waals surface area contributed by atoms with Gasteiger partial charge in [0.1, 0.15) is 10.7 Å². The van der Waals surface area contributed by atoms with Gasteiger partial charge >= 0.3 is 0 Å². The van der Waals surface area contributed by atoms with Crippen LogP contribution < -0.4 is 5.73 Å². The van der Waals surface area contributed by atoms with Gasteiger partial charge in [0.15, 0.2) is 0 Å². The molecule has 0 bridgehead atoms. The molecular weight excluding hydrogens is 270 g/mol. The van der Waals surface area contributed by atoms with Crippen molar-refractivity contribution in [2.75, 3.05) is 6.54 Å². The van der Waals surface area contributed by atoms with Crippen molar-refractivity contribution in [3.8, 4) is 0 Å². The molecule has 1 aromatic rings. The molecule has 2 rings (SSSR count). The first-order valence-corrected chi connectivity index (χ1v) is 8.39. The zero-order valence-corrected chi connectivity index (χ0v) is 13.4. The molecule has 20 heavy (non-hydrogen) atoms. The van der Waals surface area contributed by atoms with Crippen molar-refractivity contribution in [3.63, 3.8) is 0 Å². The first kappa shape index (κ1) is 15.4. The lowest BCUT2D eigenvalue weighted by molar-refractivity contribution is 0.0630. The van der Waals surface area contributed by atoms with Crippen LogP contribution >= 0.6 is 11.3 Å². The molecule has 2 heterocycles. The van der Waals surface area contributed by atoms with E-state index in [1.165, 1.54) is 17.8 Å². The number of carbonyl (C=O) groups excluding carboxylic acids is 1. The van der Waals surface area contributed by atoms with Crippen LogP contribution in [0.1, 0.15) is 68.0 Å². The third-order valence-electron chi connectivity index (χ3n) is 3.85. The second-order valence-corrected chi connectivity index (χ2v) is 7.04. The highest BCUT2D eigenvalue weighted by atomic mass is 32.1. The Kier molecular flexibility index (Phi) is 5.16. The van der Waals surface area contributed by atoms with Crippen LogP contribution in [0.3, 0.4) is 0 Å². The quantitative estimate of drug-likeness (QED) is 0.928. The fraction of sp³-hybridized carbons (Fsp3) is 0.733. The zero-order valence-electron chi connectivity index (χ0n) is 12.6. The van der Waals surface area contributed by atoms with Gasteiger partial charge in [-0.15, -0.1) is 11.3 Å². The number of piperidine rings is 1. The maximum Gasteiger partial charge on any atom is 0.273 e. The molecule has 5 heteroatoms. The number of thiazole rings is 1. The summed E-state index contributed by atoms with van der Waals surface area (Å²) in [4.78, 5) is 18.9. The normalized spacial score (nSPS) is 21.2. The molecule has 0 saturated carbocycles. The number of hydrogen-bond acceptors (Lipinski definition) is 4. The maximum atomic E-state index is 12.5. The van der Waals surface area contributed by atoms with Gasteiger partial charge in [-0.3, -0.25) is 4.79 Å². The van der Waals surface area contributed by atoms with Crippen molar-refractivity contribution >= 4 is 17.2 Å². The number of carbonyl (C=O) groups is 1. The minimum atomic E-state index is -0.0553. The lowest BCUT2D eigenvalue weighted by Gasteiger charge is -2.32. The Morgan fingerprint density at radius 1 is 1.55 bits per heavy atom. The van der Waals surface area contributed by atoms with Gasteiger partial charge in [0, 0.05) is 18.0 Å². The molecule has 112 valence electrons. The van der Waals surface area contributed by atoms with E-state index in [9.17, 15) is 4.79 Å². The second kappa shape index (κ2) is 6.68. The largest absolute Gasteiger partial charge is 0.335 e. The van der Waals surface area contributed by atoms with Gasteiger partial charge in [-0.05, 0) is 38.5 Å². The Hall–Kier alpha value is -0.940. The number of rotatable bonds is 4. The molecule has 0 radical (unpaired) electrons. The standard InChI is InChI=1S/C15H25N3OS/c1-10(2)8-12(16)14-17-13(9-20-14)15(19)18-7-5-4-6-11(18)3/h9-12H,4-8,16H2,1-3H3. The summed E-state index contributed by atoms with van der Waals surface area (Å²) in [5.41, 5.74) is 6.71. The molecule has 1 amide bonds. The maximum absolute atomic E-state index is 12.5. The average Bonchev–Trinajstić information content (AvgIpc) is 2.87. The summed E-state index contributed by atoms with van der Waals surface area (Å²) in [6.45, 7) is 7.27. The van der Waals surface area contributed by atoms with Crippen molar-refractivity contribution < 1.29 is 4.79 Å². The molecule has 1 aliphatic rings. The first-order valence-electron chi connectivity index (χ1n) is 7.51. The summed E-state index contributed by atoms with van der Waals surface area (Å²) in [5.74, 6) is 0.603. The third-order valence-corrected chi connectivity index (χ3v) is 4.82. The predicted molar refractivity (Wildman–Crippen MR) is 82.8 cm³/mol. The Labute approximate surface area is 125 Å². The average molecular weight is 295 g/mol. The first-order chi connectivity index (χ1) is 9.49. The molecule has 1 fully saturated rings. The minimum absolute atomic E-state index is 0.0553. The molecule has 0 aromatic carbocycles. The van der Waals surface area contributed by atoms with Crippen LogP contribution in [0.4, 0.5) is 0 Å². The lowest BCUT2D eigenvalue weighted by atomic mass is 10.0. The summed E-state index contributed by atoms with van der Waals surface area (Å²) in [5, 5.41) is 2.74. The second-order valence-electron chi connectivity index (χ2n) is 6.15. The van der Waals surface area contributed by atoms with Crippen molar-refractivity contribution in [1.29, 1.82) is 0 Å². The van der Waals surface area contributed by atoms with Gasteiger partial charge in [0.2, 0.25) is 0 Å². The Balaban J connectivity index is 2.06. The van der Waals surface area contributed by atoms with Gasteiger partial charge in [0.05, 0.1) is 6.04 Å². The molecule has 0 spiro atoms. The summed E-state index contributed by atoms with van der Waals surface area (Å²) in [7, 11) is 0. The number of amides is 1. The third kappa shape index (κ3) is 3.58. The van der Waals surface area contributed by atoms with E-state index in [0.29, 0.717) is 17.7 Å². The highest BCUT2D eigenvalue weighted by Gasteiger charge is 2.26. The zero-order chi connectivity index (χ0) is 14.7. The van der Waals surface area contributed by atoms with Crippen LogP contribution in [0.15, 0.2) is 5.38 Å². The van der Waals surface area contributed by atoms with Crippen LogP contribution in [0, 0.1) is 5.92 Å². The molecule has 4 nitrogen and oxygen atoms in total. The molecule has 1 aromatic heterocycles. The van der Waals surface area contributed by atoms with Gasteiger partial charge in [-0.25, -0.2) is 4.98 Å². The van der Waals surface area contributed by atoms with E-state index in [1.807, 2.05) is 10.3 Å². The molecule has 1 aliphatic heterocycles. The van der Waals surface area contributed by atoms with Crippen LogP contribution in [-0.4, -0.2) is 28.4 Å². The fourth-order valence-electron chi connectivity index (χ4n) is 2.71. The molecule has 2 N–H and O–H groups in total. The number of aromatic nitrogens is 1. The van der Waals surface area contributed by atoms with Crippen molar-refractivity contribution in [2.45, 2.75) is 58.5 Å². The van der Waals surface area contributed by atoms with E-state index < -0.39 is 0 Å². The van der Waals surface area contributed by atoms with Gasteiger partial charge < -0.3 is 10.6 Å². The van der Waals surface area contributed by atoms with E-state index >= 15 is 0 Å². The van der Waals surface area contributed by atoms with Gasteiger partial charge in [0.25, 0.3) is 5.91 Å². The molecule has 2 unspecified atom stereocenters. The number of hydrogen-bond donors (Lipinski definition) is 1. The van der Waals surface area contributed by atoms with Crippen LogP contribution in [0.5, 0.6) is 0 Å². The lowest BCUT2D eigenvalue weighted by Crippen LogP contribution is -2.42. The summed E-state index contributed by atoms with van der Waals surface area (Å²) in [6.07, 6.45) is 4.31. The smallest absolute Gasteiger partial charge is 0.273 e. The molecule has 0 aliphatic carbocycles. The van der Waals surface area contributed by atoms with Crippen LogP contribution in [0.2, 0.25) is 0 Å². The van der Waals surface area contributed by atoms with E-state index in [1.54, 1.807) is 0 Å². The van der Waals surface area contributed by atoms with Crippen molar-refractivity contribution in [3.05, 3.63) is 16.1 Å². The van der Waals surface area contributed by atoms with E-state index in [4.69, 9.17) is 5.73 Å². The monoisotopic (exact) mass is 295 g/mol. The van der Waals surface area contributed by atoms with E-state index in [-0.39, 0.29) is 11.9 Å². The Morgan fingerprint density at radius 2 is 2.30 bits per heavy atom. The van der Waals surface area contributed by atoms with Crippen LogP contribution in [-0.2, 0) is 0 Å². The topological polar surface area (TPSA) is 59.2 Å². The Morgan fingerprint density at radius 3 is 2.95 bits per heavy atom. The highest BCUT2D eigenvalue weighted by Crippen LogP contribution is 2.24. The Bertz CT molecular complexity index is 458. The summed E-state index contributed by atoms with van der Waals surface area (Å²) >= 11 is 1.51. The SMILES string of the molecule is CC(C)CC(N)c1nc(C(=O)N2CCCCC2C)cs1. The van der Waals surface area contributed by atoms with Gasteiger partial charge in [-0.1, -0.05) is 13.8 Å². The highest BCUT2D eigenvalue weighted by molar-refractivity contribution is 7.09.